The third kappa shape index (κ3) is 3.17. The second-order valence-electron chi connectivity index (χ2n) is 3.44. The lowest BCUT2D eigenvalue weighted by Gasteiger charge is -2.12. The molecule has 0 spiro atoms. The number of carbonyl (C=O) groups is 1. The van der Waals surface area contributed by atoms with Crippen LogP contribution < -0.4 is 0 Å². The highest BCUT2D eigenvalue weighted by Crippen LogP contribution is 2.12. The third-order valence-corrected chi connectivity index (χ3v) is 2.20. The SMILES string of the molecule is O=C(COC1=CC(F)OC=C1)c1ccccc1. The quantitative estimate of drug-likeness (QED) is 0.751. The van der Waals surface area contributed by atoms with E-state index in [1.807, 2.05) is 6.07 Å². The lowest BCUT2D eigenvalue weighted by atomic mass is 10.1. The van der Waals surface area contributed by atoms with Crippen molar-refractivity contribution in [1.29, 1.82) is 0 Å². The van der Waals surface area contributed by atoms with Crippen LogP contribution in [0.4, 0.5) is 4.39 Å². The molecule has 0 amide bonds. The summed E-state index contributed by atoms with van der Waals surface area (Å²) in [5.41, 5.74) is 0.570. The summed E-state index contributed by atoms with van der Waals surface area (Å²) in [6.07, 6.45) is 2.32. The summed E-state index contributed by atoms with van der Waals surface area (Å²) < 4.78 is 22.5. The molecular formula is C13H11FO3. The Balaban J connectivity index is 1.91. The molecule has 1 heterocycles. The van der Waals surface area contributed by atoms with E-state index in [2.05, 4.69) is 4.74 Å². The molecule has 0 N–H and O–H groups in total. The third-order valence-electron chi connectivity index (χ3n) is 2.20. The molecule has 0 saturated heterocycles. The smallest absolute Gasteiger partial charge is 0.260 e. The average Bonchev–Trinajstić information content (AvgIpc) is 2.37. The number of alkyl halides is 1. The van der Waals surface area contributed by atoms with Crippen molar-refractivity contribution in [2.24, 2.45) is 0 Å². The standard InChI is InChI=1S/C13H11FO3/c14-13-8-11(6-7-16-13)17-9-12(15)10-4-2-1-3-5-10/h1-8,13H,9H2. The normalized spacial score (nSPS) is 18.2. The van der Waals surface area contributed by atoms with Crippen LogP contribution in [0.3, 0.4) is 0 Å². The van der Waals surface area contributed by atoms with E-state index in [0.29, 0.717) is 11.3 Å². The molecule has 0 aromatic heterocycles. The number of Topliss-reactive ketones (excluding diaryl/α,β-unsaturated/α-hetero) is 1. The van der Waals surface area contributed by atoms with Gasteiger partial charge in [-0.2, -0.15) is 4.39 Å². The first kappa shape index (κ1) is 11.4. The number of carbonyl (C=O) groups excluding carboxylic acids is 1. The first-order valence-electron chi connectivity index (χ1n) is 5.14. The summed E-state index contributed by atoms with van der Waals surface area (Å²) in [4.78, 5) is 11.7. The van der Waals surface area contributed by atoms with Crippen molar-refractivity contribution < 1.29 is 18.7 Å². The predicted octanol–water partition coefficient (Wildman–Crippen LogP) is 2.61. The van der Waals surface area contributed by atoms with Gasteiger partial charge in [-0.1, -0.05) is 30.3 Å². The first-order chi connectivity index (χ1) is 8.25. The molecule has 0 bridgehead atoms. The minimum absolute atomic E-state index is 0.118. The molecule has 4 heteroatoms. The van der Waals surface area contributed by atoms with Crippen LogP contribution in [0.5, 0.6) is 0 Å². The van der Waals surface area contributed by atoms with Crippen molar-refractivity contribution in [2.75, 3.05) is 6.61 Å². The van der Waals surface area contributed by atoms with Crippen LogP contribution in [0.2, 0.25) is 0 Å². The molecule has 0 fully saturated rings. The topological polar surface area (TPSA) is 35.5 Å². The van der Waals surface area contributed by atoms with Crippen LogP contribution in [0.15, 0.2) is 54.5 Å². The first-order valence-corrected chi connectivity index (χ1v) is 5.14. The van der Waals surface area contributed by atoms with E-state index in [9.17, 15) is 9.18 Å². The number of rotatable bonds is 4. The van der Waals surface area contributed by atoms with Gasteiger partial charge in [-0.3, -0.25) is 4.79 Å². The Morgan fingerprint density at radius 2 is 2.12 bits per heavy atom. The van der Waals surface area contributed by atoms with E-state index in [4.69, 9.17) is 4.74 Å². The number of benzene rings is 1. The van der Waals surface area contributed by atoms with Gasteiger partial charge in [0.2, 0.25) is 0 Å². The zero-order valence-electron chi connectivity index (χ0n) is 9.01. The molecule has 1 aromatic carbocycles. The van der Waals surface area contributed by atoms with E-state index in [-0.39, 0.29) is 12.4 Å². The highest BCUT2D eigenvalue weighted by Gasteiger charge is 2.11. The minimum atomic E-state index is -1.51. The van der Waals surface area contributed by atoms with Crippen molar-refractivity contribution in [3.8, 4) is 0 Å². The van der Waals surface area contributed by atoms with E-state index < -0.39 is 6.36 Å². The largest absolute Gasteiger partial charge is 0.485 e. The molecule has 1 aromatic rings. The second-order valence-corrected chi connectivity index (χ2v) is 3.44. The fourth-order valence-corrected chi connectivity index (χ4v) is 1.36. The fraction of sp³-hybridized carbons (Fsp3) is 0.154. The van der Waals surface area contributed by atoms with Gasteiger partial charge in [-0.05, 0) is 0 Å². The summed E-state index contributed by atoms with van der Waals surface area (Å²) >= 11 is 0. The molecule has 1 aliphatic heterocycles. The van der Waals surface area contributed by atoms with Crippen LogP contribution in [-0.2, 0) is 9.47 Å². The maximum Gasteiger partial charge on any atom is 0.260 e. The molecule has 1 unspecified atom stereocenters. The predicted molar refractivity (Wildman–Crippen MR) is 59.9 cm³/mol. The Labute approximate surface area is 98.2 Å². The van der Waals surface area contributed by atoms with Crippen LogP contribution in [0.25, 0.3) is 0 Å². The van der Waals surface area contributed by atoms with Crippen molar-refractivity contribution in [2.45, 2.75) is 6.36 Å². The maximum atomic E-state index is 12.8. The van der Waals surface area contributed by atoms with Gasteiger partial charge in [0.1, 0.15) is 5.76 Å². The van der Waals surface area contributed by atoms with E-state index >= 15 is 0 Å². The summed E-state index contributed by atoms with van der Waals surface area (Å²) in [5, 5.41) is 0. The average molecular weight is 234 g/mol. The monoisotopic (exact) mass is 234 g/mol. The number of ketones is 1. The van der Waals surface area contributed by atoms with Crippen molar-refractivity contribution >= 4 is 5.78 Å². The van der Waals surface area contributed by atoms with Crippen molar-refractivity contribution in [3.05, 3.63) is 60.1 Å². The highest BCUT2D eigenvalue weighted by molar-refractivity contribution is 5.97. The Hall–Kier alpha value is -2.10. The summed E-state index contributed by atoms with van der Waals surface area (Å²) in [6, 6.07) is 8.79. The lowest BCUT2D eigenvalue weighted by molar-refractivity contribution is 0.0544. The van der Waals surface area contributed by atoms with Crippen molar-refractivity contribution in [3.63, 3.8) is 0 Å². The number of hydrogen-bond acceptors (Lipinski definition) is 3. The molecular weight excluding hydrogens is 223 g/mol. The Bertz CT molecular complexity index is 451. The van der Waals surface area contributed by atoms with Crippen molar-refractivity contribution in [1.82, 2.24) is 0 Å². The van der Waals surface area contributed by atoms with Gasteiger partial charge in [0, 0.05) is 17.7 Å². The van der Waals surface area contributed by atoms with Gasteiger partial charge in [-0.15, -0.1) is 0 Å². The Kier molecular flexibility index (Phi) is 3.55. The zero-order valence-corrected chi connectivity index (χ0v) is 9.01. The highest BCUT2D eigenvalue weighted by atomic mass is 19.1. The van der Waals surface area contributed by atoms with Gasteiger partial charge in [0.15, 0.2) is 12.4 Å². The lowest BCUT2D eigenvalue weighted by Crippen LogP contribution is -2.11. The molecule has 1 aliphatic rings. The molecule has 88 valence electrons. The van der Waals surface area contributed by atoms with Crippen LogP contribution in [0.1, 0.15) is 10.4 Å². The number of ether oxygens (including phenoxy) is 2. The van der Waals surface area contributed by atoms with E-state index in [1.165, 1.54) is 12.3 Å². The van der Waals surface area contributed by atoms with Gasteiger partial charge in [-0.25, -0.2) is 0 Å². The summed E-state index contributed by atoms with van der Waals surface area (Å²) in [6.45, 7) is -0.118. The van der Waals surface area contributed by atoms with Crippen LogP contribution in [-0.4, -0.2) is 18.7 Å². The Morgan fingerprint density at radius 3 is 2.82 bits per heavy atom. The minimum Gasteiger partial charge on any atom is -0.485 e. The van der Waals surface area contributed by atoms with Crippen LogP contribution in [0, 0.1) is 0 Å². The number of allylic oxidation sites excluding steroid dienone is 1. The zero-order chi connectivity index (χ0) is 12.1. The van der Waals surface area contributed by atoms with Gasteiger partial charge < -0.3 is 9.47 Å². The van der Waals surface area contributed by atoms with E-state index in [0.717, 1.165) is 6.08 Å². The molecule has 17 heavy (non-hydrogen) atoms. The van der Waals surface area contributed by atoms with E-state index in [1.54, 1.807) is 24.3 Å². The molecule has 0 radical (unpaired) electrons. The molecule has 3 nitrogen and oxygen atoms in total. The number of halogens is 1. The van der Waals surface area contributed by atoms with Crippen LogP contribution >= 0.6 is 0 Å². The molecule has 2 rings (SSSR count). The molecule has 0 aliphatic carbocycles. The fourth-order valence-electron chi connectivity index (χ4n) is 1.36. The van der Waals surface area contributed by atoms with Gasteiger partial charge in [0.05, 0.1) is 6.26 Å². The number of hydrogen-bond donors (Lipinski definition) is 0. The second kappa shape index (κ2) is 5.30. The van der Waals surface area contributed by atoms with Gasteiger partial charge in [0.25, 0.3) is 6.36 Å². The molecule has 1 atom stereocenters. The summed E-state index contributed by atoms with van der Waals surface area (Å²) in [5.74, 6) is 0.148. The maximum absolute atomic E-state index is 12.8. The Morgan fingerprint density at radius 1 is 1.35 bits per heavy atom. The molecule has 0 saturated carbocycles. The van der Waals surface area contributed by atoms with Gasteiger partial charge >= 0.3 is 0 Å². The summed E-state index contributed by atoms with van der Waals surface area (Å²) in [7, 11) is 0.